The molecule has 1 atom stereocenters. The van der Waals surface area contributed by atoms with Gasteiger partial charge in [0.2, 0.25) is 11.9 Å². The molecule has 1 aliphatic carbocycles. The van der Waals surface area contributed by atoms with E-state index in [1.807, 2.05) is 29.9 Å². The summed E-state index contributed by atoms with van der Waals surface area (Å²) >= 11 is 6.00. The number of carbonyl (C=O) groups excluding carboxylic acids is 1. The van der Waals surface area contributed by atoms with Gasteiger partial charge in [-0.1, -0.05) is 11.6 Å². The number of hydrogen-bond donors (Lipinski definition) is 2. The molecule has 1 aliphatic rings. The first kappa shape index (κ1) is 14.3. The maximum atomic E-state index is 12.6. The molecule has 0 radical (unpaired) electrons. The van der Waals surface area contributed by atoms with E-state index < -0.39 is 0 Å². The average molecular weight is 330 g/mol. The van der Waals surface area contributed by atoms with E-state index in [9.17, 15) is 4.79 Å². The van der Waals surface area contributed by atoms with Crippen molar-refractivity contribution in [3.05, 3.63) is 40.7 Å². The van der Waals surface area contributed by atoms with Crippen molar-refractivity contribution < 1.29 is 4.79 Å². The van der Waals surface area contributed by atoms with Gasteiger partial charge in [-0.3, -0.25) is 15.2 Å². The lowest BCUT2D eigenvalue weighted by Crippen LogP contribution is -2.29. The number of amides is 1. The Balaban J connectivity index is 1.56. The normalized spacial score (nSPS) is 17.2. The summed E-state index contributed by atoms with van der Waals surface area (Å²) in [5, 5.41) is 10.6. The number of H-pyrrole nitrogens is 1. The number of aryl methyl sites for hydroxylation is 2. The molecule has 0 fully saturated rings. The molecule has 2 aromatic heterocycles. The average Bonchev–Trinajstić information content (AvgIpc) is 3.11. The van der Waals surface area contributed by atoms with E-state index in [4.69, 9.17) is 11.6 Å². The van der Waals surface area contributed by atoms with Crippen LogP contribution in [0.3, 0.4) is 0 Å². The largest absolute Gasteiger partial charge is 0.313 e. The minimum absolute atomic E-state index is 0.00486. The number of halogens is 1. The SMILES string of the molecule is Cn1c(NC(=O)C2CCc3cn[nH]c3C2)nc2cc(Cl)ccc21. The molecule has 7 heteroatoms. The molecular weight excluding hydrogens is 314 g/mol. The highest BCUT2D eigenvalue weighted by Gasteiger charge is 2.26. The molecule has 2 N–H and O–H groups in total. The Labute approximate surface area is 137 Å². The second-order valence-electron chi connectivity index (χ2n) is 5.93. The van der Waals surface area contributed by atoms with Gasteiger partial charge in [-0.15, -0.1) is 0 Å². The van der Waals surface area contributed by atoms with Gasteiger partial charge in [0.05, 0.1) is 17.2 Å². The van der Waals surface area contributed by atoms with Crippen LogP contribution >= 0.6 is 11.6 Å². The number of rotatable bonds is 2. The molecule has 0 saturated heterocycles. The zero-order valence-corrected chi connectivity index (χ0v) is 13.4. The van der Waals surface area contributed by atoms with Crippen LogP contribution in [0.1, 0.15) is 17.7 Å². The van der Waals surface area contributed by atoms with Gasteiger partial charge in [0, 0.05) is 30.1 Å². The van der Waals surface area contributed by atoms with Gasteiger partial charge in [0.1, 0.15) is 0 Å². The fourth-order valence-corrected chi connectivity index (χ4v) is 3.30. The number of imidazole rings is 1. The van der Waals surface area contributed by atoms with Crippen LogP contribution in [0, 0.1) is 5.92 Å². The number of fused-ring (bicyclic) bond motifs is 2. The summed E-state index contributed by atoms with van der Waals surface area (Å²) in [6, 6.07) is 5.51. The van der Waals surface area contributed by atoms with Crippen LogP contribution in [0.5, 0.6) is 0 Å². The maximum absolute atomic E-state index is 12.6. The molecule has 1 unspecified atom stereocenters. The Bertz CT molecular complexity index is 897. The summed E-state index contributed by atoms with van der Waals surface area (Å²) in [5.41, 5.74) is 3.98. The highest BCUT2D eigenvalue weighted by atomic mass is 35.5. The monoisotopic (exact) mass is 329 g/mol. The Kier molecular flexibility index (Phi) is 3.34. The van der Waals surface area contributed by atoms with Crippen molar-refractivity contribution in [3.63, 3.8) is 0 Å². The van der Waals surface area contributed by atoms with Crippen molar-refractivity contribution in [1.82, 2.24) is 19.7 Å². The predicted octanol–water partition coefficient (Wildman–Crippen LogP) is 2.69. The summed E-state index contributed by atoms with van der Waals surface area (Å²) < 4.78 is 1.87. The first-order valence-electron chi connectivity index (χ1n) is 7.56. The van der Waals surface area contributed by atoms with Gasteiger partial charge < -0.3 is 4.57 Å². The number of aromatic nitrogens is 4. The number of benzene rings is 1. The molecule has 0 saturated carbocycles. The van der Waals surface area contributed by atoms with Gasteiger partial charge in [-0.25, -0.2) is 4.98 Å². The van der Waals surface area contributed by atoms with Crippen LogP contribution in [0.25, 0.3) is 11.0 Å². The lowest BCUT2D eigenvalue weighted by atomic mass is 9.87. The van der Waals surface area contributed by atoms with Gasteiger partial charge in [-0.05, 0) is 36.6 Å². The Hall–Kier alpha value is -2.34. The maximum Gasteiger partial charge on any atom is 0.230 e. The molecule has 2 heterocycles. The molecule has 1 aromatic carbocycles. The Morgan fingerprint density at radius 1 is 1.48 bits per heavy atom. The highest BCUT2D eigenvalue weighted by molar-refractivity contribution is 6.31. The molecule has 3 aromatic rings. The molecule has 0 bridgehead atoms. The van der Waals surface area contributed by atoms with Crippen LogP contribution in [0.4, 0.5) is 5.95 Å². The second-order valence-corrected chi connectivity index (χ2v) is 6.37. The number of carbonyl (C=O) groups is 1. The van der Waals surface area contributed by atoms with Crippen molar-refractivity contribution >= 4 is 34.5 Å². The summed E-state index contributed by atoms with van der Waals surface area (Å²) in [6.45, 7) is 0. The molecule has 0 aliphatic heterocycles. The Morgan fingerprint density at radius 2 is 2.35 bits per heavy atom. The summed E-state index contributed by atoms with van der Waals surface area (Å²) in [7, 11) is 1.88. The minimum atomic E-state index is -0.0636. The molecule has 1 amide bonds. The molecule has 4 rings (SSSR count). The van der Waals surface area contributed by atoms with Crippen LogP contribution < -0.4 is 5.32 Å². The fraction of sp³-hybridized carbons (Fsp3) is 0.312. The van der Waals surface area contributed by atoms with Crippen molar-refractivity contribution in [3.8, 4) is 0 Å². The zero-order valence-electron chi connectivity index (χ0n) is 12.6. The van der Waals surface area contributed by atoms with Gasteiger partial charge in [0.15, 0.2) is 0 Å². The van der Waals surface area contributed by atoms with E-state index in [0.29, 0.717) is 17.4 Å². The van der Waals surface area contributed by atoms with Crippen LogP contribution in [0.2, 0.25) is 5.02 Å². The third-order valence-electron chi connectivity index (χ3n) is 4.47. The number of nitrogens with zero attached hydrogens (tertiary/aromatic N) is 3. The van der Waals surface area contributed by atoms with E-state index in [-0.39, 0.29) is 11.8 Å². The lowest BCUT2D eigenvalue weighted by molar-refractivity contribution is -0.120. The standard InChI is InChI=1S/C16H16ClN5O/c1-22-14-5-4-11(17)7-13(14)19-16(22)20-15(23)9-2-3-10-8-18-21-12(10)6-9/h4-5,7-9H,2-3,6H2,1H3,(H,18,21)(H,19,20,23). The van der Waals surface area contributed by atoms with Crippen LogP contribution in [-0.4, -0.2) is 25.7 Å². The highest BCUT2D eigenvalue weighted by Crippen LogP contribution is 2.26. The van der Waals surface area contributed by atoms with E-state index in [0.717, 1.165) is 29.6 Å². The molecule has 0 spiro atoms. The summed E-state index contributed by atoms with van der Waals surface area (Å²) in [6.07, 6.45) is 4.24. The zero-order chi connectivity index (χ0) is 16.0. The Morgan fingerprint density at radius 3 is 3.22 bits per heavy atom. The number of hydrogen-bond acceptors (Lipinski definition) is 3. The van der Waals surface area contributed by atoms with Crippen molar-refractivity contribution in [1.29, 1.82) is 0 Å². The fourth-order valence-electron chi connectivity index (χ4n) is 3.13. The number of nitrogens with one attached hydrogen (secondary N) is 2. The third-order valence-corrected chi connectivity index (χ3v) is 4.70. The first-order chi connectivity index (χ1) is 11.1. The quantitative estimate of drug-likeness (QED) is 0.759. The van der Waals surface area contributed by atoms with E-state index in [2.05, 4.69) is 20.5 Å². The summed E-state index contributed by atoms with van der Waals surface area (Å²) in [4.78, 5) is 17.0. The van der Waals surface area contributed by atoms with Crippen molar-refractivity contribution in [2.45, 2.75) is 19.3 Å². The molecular formula is C16H16ClN5O. The van der Waals surface area contributed by atoms with Crippen molar-refractivity contribution in [2.24, 2.45) is 13.0 Å². The predicted molar refractivity (Wildman–Crippen MR) is 88.5 cm³/mol. The molecule has 23 heavy (non-hydrogen) atoms. The van der Waals surface area contributed by atoms with Crippen molar-refractivity contribution in [2.75, 3.05) is 5.32 Å². The van der Waals surface area contributed by atoms with E-state index in [1.165, 1.54) is 5.56 Å². The van der Waals surface area contributed by atoms with Crippen LogP contribution in [-0.2, 0) is 24.7 Å². The lowest BCUT2D eigenvalue weighted by Gasteiger charge is -2.20. The molecule has 6 nitrogen and oxygen atoms in total. The summed E-state index contributed by atoms with van der Waals surface area (Å²) in [5.74, 6) is 0.476. The topological polar surface area (TPSA) is 75.6 Å². The van der Waals surface area contributed by atoms with Gasteiger partial charge in [0.25, 0.3) is 0 Å². The van der Waals surface area contributed by atoms with Gasteiger partial charge in [-0.2, -0.15) is 5.10 Å². The van der Waals surface area contributed by atoms with Gasteiger partial charge >= 0.3 is 0 Å². The van der Waals surface area contributed by atoms with E-state index in [1.54, 1.807) is 6.07 Å². The number of aromatic amines is 1. The number of anilines is 1. The van der Waals surface area contributed by atoms with Crippen LogP contribution in [0.15, 0.2) is 24.4 Å². The second kappa shape index (κ2) is 5.38. The molecule has 118 valence electrons. The first-order valence-corrected chi connectivity index (χ1v) is 7.93. The minimum Gasteiger partial charge on any atom is -0.313 e. The smallest absolute Gasteiger partial charge is 0.230 e. The third kappa shape index (κ3) is 2.49. The van der Waals surface area contributed by atoms with E-state index >= 15 is 0 Å².